The number of carbonyl (C=O) groups is 2. The SMILES string of the molecule is CC1CC(=O)N(C(C)C#N)C1=O. The summed E-state index contributed by atoms with van der Waals surface area (Å²) in [5.74, 6) is -0.719. The van der Waals surface area contributed by atoms with Crippen LogP contribution in [0.5, 0.6) is 0 Å². The lowest BCUT2D eigenvalue weighted by molar-refractivity contribution is -0.140. The van der Waals surface area contributed by atoms with Crippen LogP contribution in [0.25, 0.3) is 0 Å². The molecule has 0 aromatic carbocycles. The van der Waals surface area contributed by atoms with Gasteiger partial charge in [0, 0.05) is 12.3 Å². The fourth-order valence-corrected chi connectivity index (χ4v) is 1.27. The molecule has 2 unspecified atom stereocenters. The highest BCUT2D eigenvalue weighted by atomic mass is 16.2. The summed E-state index contributed by atoms with van der Waals surface area (Å²) in [5, 5.41) is 8.52. The molecule has 1 aliphatic heterocycles. The van der Waals surface area contributed by atoms with Crippen LogP contribution in [0.1, 0.15) is 20.3 Å². The van der Waals surface area contributed by atoms with Gasteiger partial charge in [-0.25, -0.2) is 0 Å². The zero-order chi connectivity index (χ0) is 9.30. The highest BCUT2D eigenvalue weighted by Gasteiger charge is 2.38. The van der Waals surface area contributed by atoms with Crippen LogP contribution in [-0.4, -0.2) is 22.8 Å². The zero-order valence-electron chi connectivity index (χ0n) is 7.07. The number of likely N-dealkylation sites (tertiary alicyclic amines) is 1. The van der Waals surface area contributed by atoms with E-state index in [1.54, 1.807) is 13.8 Å². The fourth-order valence-electron chi connectivity index (χ4n) is 1.27. The van der Waals surface area contributed by atoms with Gasteiger partial charge >= 0.3 is 0 Å². The third-order valence-electron chi connectivity index (χ3n) is 1.98. The molecular weight excluding hydrogens is 156 g/mol. The number of carbonyl (C=O) groups excluding carboxylic acids is 2. The molecule has 1 saturated heterocycles. The first kappa shape index (κ1) is 8.72. The number of hydrogen-bond acceptors (Lipinski definition) is 3. The normalized spacial score (nSPS) is 25.8. The van der Waals surface area contributed by atoms with E-state index in [0.717, 1.165) is 4.90 Å². The lowest BCUT2D eigenvalue weighted by Crippen LogP contribution is -2.37. The molecule has 0 spiro atoms. The van der Waals surface area contributed by atoms with Gasteiger partial charge in [-0.1, -0.05) is 6.92 Å². The van der Waals surface area contributed by atoms with Crippen molar-refractivity contribution in [3.8, 4) is 6.07 Å². The molecule has 0 radical (unpaired) electrons. The molecule has 1 heterocycles. The van der Waals surface area contributed by atoms with Crippen LogP contribution in [0.3, 0.4) is 0 Å². The number of rotatable bonds is 1. The summed E-state index contributed by atoms with van der Waals surface area (Å²) in [5.41, 5.74) is 0. The van der Waals surface area contributed by atoms with Crippen molar-refractivity contribution in [2.45, 2.75) is 26.3 Å². The van der Waals surface area contributed by atoms with Crippen molar-refractivity contribution in [2.24, 2.45) is 5.92 Å². The Labute approximate surface area is 70.8 Å². The van der Waals surface area contributed by atoms with E-state index in [1.807, 2.05) is 6.07 Å². The predicted molar refractivity (Wildman–Crippen MR) is 40.7 cm³/mol. The number of amides is 2. The Balaban J connectivity index is 2.85. The molecule has 0 bridgehead atoms. The molecule has 1 fully saturated rings. The van der Waals surface area contributed by atoms with Crippen molar-refractivity contribution in [2.75, 3.05) is 0 Å². The van der Waals surface area contributed by atoms with Crippen molar-refractivity contribution in [3.05, 3.63) is 0 Å². The van der Waals surface area contributed by atoms with Crippen LogP contribution in [0.15, 0.2) is 0 Å². The maximum Gasteiger partial charge on any atom is 0.233 e. The fraction of sp³-hybridized carbons (Fsp3) is 0.625. The first-order valence-electron chi connectivity index (χ1n) is 3.83. The number of imide groups is 1. The van der Waals surface area contributed by atoms with Crippen molar-refractivity contribution < 1.29 is 9.59 Å². The molecule has 1 aliphatic rings. The van der Waals surface area contributed by atoms with E-state index in [1.165, 1.54) is 0 Å². The molecule has 2 amide bonds. The minimum Gasteiger partial charge on any atom is -0.274 e. The van der Waals surface area contributed by atoms with E-state index >= 15 is 0 Å². The number of hydrogen-bond donors (Lipinski definition) is 0. The van der Waals surface area contributed by atoms with Crippen LogP contribution in [-0.2, 0) is 9.59 Å². The Morgan fingerprint density at radius 3 is 2.58 bits per heavy atom. The molecule has 0 aliphatic carbocycles. The molecule has 12 heavy (non-hydrogen) atoms. The molecule has 2 atom stereocenters. The van der Waals surface area contributed by atoms with Crippen molar-refractivity contribution in [1.29, 1.82) is 5.26 Å². The standard InChI is InChI=1S/C8H10N2O2/c1-5-3-7(11)10(8(5)12)6(2)4-9/h5-6H,3H2,1-2H3. The Bertz CT molecular complexity index is 267. The lowest BCUT2D eigenvalue weighted by Gasteiger charge is -2.15. The van der Waals surface area contributed by atoms with E-state index in [4.69, 9.17) is 5.26 Å². The van der Waals surface area contributed by atoms with Gasteiger partial charge in [-0.15, -0.1) is 0 Å². The Hall–Kier alpha value is -1.37. The first-order valence-corrected chi connectivity index (χ1v) is 3.83. The topological polar surface area (TPSA) is 61.2 Å². The van der Waals surface area contributed by atoms with Gasteiger partial charge in [0.2, 0.25) is 11.8 Å². The quantitative estimate of drug-likeness (QED) is 0.526. The summed E-state index contributed by atoms with van der Waals surface area (Å²) < 4.78 is 0. The second-order valence-electron chi connectivity index (χ2n) is 3.01. The van der Waals surface area contributed by atoms with Gasteiger partial charge in [0.15, 0.2) is 0 Å². The maximum atomic E-state index is 11.3. The van der Waals surface area contributed by atoms with Gasteiger partial charge < -0.3 is 0 Å². The number of nitrogens with zero attached hydrogens (tertiary/aromatic N) is 2. The van der Waals surface area contributed by atoms with Crippen LogP contribution >= 0.6 is 0 Å². The van der Waals surface area contributed by atoms with Gasteiger partial charge in [0.1, 0.15) is 6.04 Å². The molecule has 4 heteroatoms. The van der Waals surface area contributed by atoms with Crippen LogP contribution in [0.4, 0.5) is 0 Å². The summed E-state index contributed by atoms with van der Waals surface area (Å²) in [6.45, 7) is 3.25. The van der Waals surface area contributed by atoms with E-state index in [2.05, 4.69) is 0 Å². The highest BCUT2D eigenvalue weighted by Crippen LogP contribution is 2.20. The molecule has 0 aromatic rings. The van der Waals surface area contributed by atoms with Gasteiger partial charge in [-0.05, 0) is 6.92 Å². The average molecular weight is 166 g/mol. The van der Waals surface area contributed by atoms with Gasteiger partial charge in [-0.3, -0.25) is 14.5 Å². The van der Waals surface area contributed by atoms with E-state index in [0.29, 0.717) is 0 Å². The molecule has 64 valence electrons. The Morgan fingerprint density at radius 1 is 1.67 bits per heavy atom. The molecule has 0 N–H and O–H groups in total. The lowest BCUT2D eigenvalue weighted by atomic mass is 10.1. The molecule has 0 saturated carbocycles. The second kappa shape index (κ2) is 2.94. The van der Waals surface area contributed by atoms with Crippen LogP contribution < -0.4 is 0 Å². The van der Waals surface area contributed by atoms with E-state index in [-0.39, 0.29) is 24.2 Å². The van der Waals surface area contributed by atoms with Gasteiger partial charge in [0.05, 0.1) is 6.07 Å². The Morgan fingerprint density at radius 2 is 2.25 bits per heavy atom. The van der Waals surface area contributed by atoms with Crippen molar-refractivity contribution >= 4 is 11.8 Å². The van der Waals surface area contributed by atoms with Crippen LogP contribution in [0.2, 0.25) is 0 Å². The minimum atomic E-state index is -0.630. The van der Waals surface area contributed by atoms with Crippen molar-refractivity contribution in [3.63, 3.8) is 0 Å². The first-order chi connectivity index (χ1) is 5.57. The third kappa shape index (κ3) is 1.18. The molecule has 1 rings (SSSR count). The van der Waals surface area contributed by atoms with Gasteiger partial charge in [-0.2, -0.15) is 5.26 Å². The maximum absolute atomic E-state index is 11.3. The number of nitriles is 1. The molecular formula is C8H10N2O2. The summed E-state index contributed by atoms with van der Waals surface area (Å²) >= 11 is 0. The smallest absolute Gasteiger partial charge is 0.233 e. The van der Waals surface area contributed by atoms with Gasteiger partial charge in [0.25, 0.3) is 0 Å². The largest absolute Gasteiger partial charge is 0.274 e. The predicted octanol–water partition coefficient (Wildman–Crippen LogP) is 0.293. The summed E-state index contributed by atoms with van der Waals surface area (Å²) in [7, 11) is 0. The average Bonchev–Trinajstić information content (AvgIpc) is 2.26. The summed E-state index contributed by atoms with van der Waals surface area (Å²) in [6, 6.07) is 1.24. The monoisotopic (exact) mass is 166 g/mol. The molecule has 4 nitrogen and oxygen atoms in total. The third-order valence-corrected chi connectivity index (χ3v) is 1.98. The molecule has 0 aromatic heterocycles. The van der Waals surface area contributed by atoms with Crippen molar-refractivity contribution in [1.82, 2.24) is 4.90 Å². The van der Waals surface area contributed by atoms with E-state index in [9.17, 15) is 9.59 Å². The minimum absolute atomic E-state index is 0.228. The van der Waals surface area contributed by atoms with Crippen LogP contribution in [0, 0.1) is 17.2 Å². The Kier molecular flexibility index (Phi) is 2.13. The summed E-state index contributed by atoms with van der Waals surface area (Å²) in [4.78, 5) is 23.5. The second-order valence-corrected chi connectivity index (χ2v) is 3.01. The summed E-state index contributed by atoms with van der Waals surface area (Å²) in [6.07, 6.45) is 0.241. The zero-order valence-corrected chi connectivity index (χ0v) is 7.07. The highest BCUT2D eigenvalue weighted by molar-refractivity contribution is 6.03. The van der Waals surface area contributed by atoms with E-state index < -0.39 is 6.04 Å².